The topological polar surface area (TPSA) is 59.9 Å². The van der Waals surface area contributed by atoms with E-state index in [2.05, 4.69) is 10.5 Å². The molecule has 1 amide bonds. The first kappa shape index (κ1) is 22.9. The van der Waals surface area contributed by atoms with Crippen molar-refractivity contribution in [2.75, 3.05) is 6.61 Å². The van der Waals surface area contributed by atoms with E-state index in [0.29, 0.717) is 30.3 Å². The van der Waals surface area contributed by atoms with Crippen LogP contribution in [-0.2, 0) is 12.8 Å². The number of rotatable bonds is 8. The average Bonchev–Trinajstić information content (AvgIpc) is 2.79. The normalized spacial score (nSPS) is 11.4. The molecule has 5 nitrogen and oxygen atoms in total. The summed E-state index contributed by atoms with van der Waals surface area (Å²) in [4.78, 5) is 12.1. The molecule has 3 aromatic carbocycles. The molecule has 1 N–H and O–H groups in total. The summed E-state index contributed by atoms with van der Waals surface area (Å²) in [5.41, 5.74) is 2.81. The van der Waals surface area contributed by atoms with Crippen LogP contribution < -0.4 is 14.9 Å². The maximum Gasteiger partial charge on any atom is 0.416 e. The molecule has 166 valence electrons. The van der Waals surface area contributed by atoms with Crippen LogP contribution in [0.3, 0.4) is 0 Å². The molecular formula is C24H21F3N2O3. The molecule has 0 atom stereocenters. The number of ether oxygens (including phenoxy) is 2. The van der Waals surface area contributed by atoms with Crippen LogP contribution in [0.1, 0.15) is 34.0 Å². The van der Waals surface area contributed by atoms with Gasteiger partial charge < -0.3 is 9.47 Å². The predicted octanol–water partition coefficient (Wildman–Crippen LogP) is 5.45. The van der Waals surface area contributed by atoms with Gasteiger partial charge in [0.2, 0.25) is 0 Å². The number of carbonyl (C=O) groups is 1. The fourth-order valence-electron chi connectivity index (χ4n) is 2.79. The highest BCUT2D eigenvalue weighted by Crippen LogP contribution is 2.30. The Morgan fingerprint density at radius 2 is 1.75 bits per heavy atom. The summed E-state index contributed by atoms with van der Waals surface area (Å²) in [6, 6.07) is 19.0. The van der Waals surface area contributed by atoms with Gasteiger partial charge in [-0.05, 0) is 54.4 Å². The number of alkyl halides is 3. The van der Waals surface area contributed by atoms with Crippen LogP contribution >= 0.6 is 0 Å². The van der Waals surface area contributed by atoms with Crippen molar-refractivity contribution in [1.82, 2.24) is 5.43 Å². The summed E-state index contributed by atoms with van der Waals surface area (Å²) in [7, 11) is 0. The van der Waals surface area contributed by atoms with Crippen LogP contribution in [-0.4, -0.2) is 18.7 Å². The van der Waals surface area contributed by atoms with E-state index in [0.717, 1.165) is 17.7 Å². The highest BCUT2D eigenvalue weighted by Gasteiger charge is 2.30. The predicted molar refractivity (Wildman–Crippen MR) is 115 cm³/mol. The largest absolute Gasteiger partial charge is 0.490 e. The first-order valence-corrected chi connectivity index (χ1v) is 9.81. The fraction of sp³-hybridized carbons (Fsp3) is 0.167. The molecular weight excluding hydrogens is 421 g/mol. The maximum atomic E-state index is 12.8. The van der Waals surface area contributed by atoms with Crippen LogP contribution in [0.2, 0.25) is 0 Å². The minimum absolute atomic E-state index is 0.142. The van der Waals surface area contributed by atoms with Crippen molar-refractivity contribution < 1.29 is 27.4 Å². The number of carbonyl (C=O) groups excluding carboxylic acids is 1. The minimum Gasteiger partial charge on any atom is -0.490 e. The smallest absolute Gasteiger partial charge is 0.416 e. The number of nitrogens with zero attached hydrogens (tertiary/aromatic N) is 1. The van der Waals surface area contributed by atoms with Gasteiger partial charge in [0.05, 0.1) is 18.4 Å². The van der Waals surface area contributed by atoms with Gasteiger partial charge in [-0.2, -0.15) is 18.3 Å². The van der Waals surface area contributed by atoms with Crippen molar-refractivity contribution in [3.63, 3.8) is 0 Å². The summed E-state index contributed by atoms with van der Waals surface area (Å²) in [5.74, 6) is 0.317. The summed E-state index contributed by atoms with van der Waals surface area (Å²) >= 11 is 0. The van der Waals surface area contributed by atoms with Crippen LogP contribution in [0.15, 0.2) is 77.9 Å². The second-order valence-electron chi connectivity index (χ2n) is 6.69. The first-order chi connectivity index (χ1) is 15.4. The molecule has 0 fully saturated rings. The average molecular weight is 442 g/mol. The lowest BCUT2D eigenvalue weighted by molar-refractivity contribution is -0.137. The molecule has 3 aromatic rings. The number of benzene rings is 3. The van der Waals surface area contributed by atoms with Crippen molar-refractivity contribution in [3.05, 3.63) is 95.1 Å². The molecule has 0 aromatic heterocycles. The Kier molecular flexibility index (Phi) is 7.49. The van der Waals surface area contributed by atoms with Crippen molar-refractivity contribution in [2.45, 2.75) is 19.7 Å². The third kappa shape index (κ3) is 6.34. The van der Waals surface area contributed by atoms with Crippen molar-refractivity contribution in [2.24, 2.45) is 5.10 Å². The Balaban J connectivity index is 1.66. The zero-order valence-electron chi connectivity index (χ0n) is 17.2. The van der Waals surface area contributed by atoms with E-state index in [9.17, 15) is 18.0 Å². The van der Waals surface area contributed by atoms with Gasteiger partial charge >= 0.3 is 6.18 Å². The second-order valence-corrected chi connectivity index (χ2v) is 6.69. The van der Waals surface area contributed by atoms with E-state index in [1.54, 1.807) is 18.2 Å². The Morgan fingerprint density at radius 3 is 2.47 bits per heavy atom. The van der Waals surface area contributed by atoms with Gasteiger partial charge in [0.25, 0.3) is 5.91 Å². The van der Waals surface area contributed by atoms with E-state index in [-0.39, 0.29) is 5.56 Å². The zero-order chi connectivity index (χ0) is 23.0. The first-order valence-electron chi connectivity index (χ1n) is 9.81. The quantitative estimate of drug-likeness (QED) is 0.373. The standard InChI is InChI=1S/C24H21F3N2O3/c1-2-31-22-13-18(11-12-21(22)32-16-17-7-4-3-5-8-17)15-28-29-23(30)19-9-6-10-20(14-19)24(25,26)27/h3-15H,2,16H2,1H3,(H,29,30)/b28-15-. The zero-order valence-corrected chi connectivity index (χ0v) is 17.2. The van der Waals surface area contributed by atoms with Gasteiger partial charge in [0, 0.05) is 5.56 Å². The Morgan fingerprint density at radius 1 is 0.969 bits per heavy atom. The van der Waals surface area contributed by atoms with Crippen LogP contribution in [0, 0.1) is 0 Å². The summed E-state index contributed by atoms with van der Waals surface area (Å²) in [5, 5.41) is 3.83. The molecule has 0 heterocycles. The van der Waals surface area contributed by atoms with E-state index in [4.69, 9.17) is 9.47 Å². The lowest BCUT2D eigenvalue weighted by Gasteiger charge is -2.12. The molecule has 0 radical (unpaired) electrons. The molecule has 0 aliphatic heterocycles. The number of amides is 1. The molecule has 0 bridgehead atoms. The van der Waals surface area contributed by atoms with E-state index < -0.39 is 17.6 Å². The second kappa shape index (κ2) is 10.5. The summed E-state index contributed by atoms with van der Waals surface area (Å²) in [6.45, 7) is 2.65. The van der Waals surface area contributed by atoms with Crippen molar-refractivity contribution >= 4 is 12.1 Å². The summed E-state index contributed by atoms with van der Waals surface area (Å²) in [6.07, 6.45) is -3.16. The molecule has 3 rings (SSSR count). The summed E-state index contributed by atoms with van der Waals surface area (Å²) < 4.78 is 49.9. The third-order valence-electron chi connectivity index (χ3n) is 4.34. The molecule has 0 spiro atoms. The Hall–Kier alpha value is -3.81. The number of hydrogen-bond donors (Lipinski definition) is 1. The van der Waals surface area contributed by atoms with Crippen LogP contribution in [0.4, 0.5) is 13.2 Å². The lowest BCUT2D eigenvalue weighted by Crippen LogP contribution is -2.18. The van der Waals surface area contributed by atoms with Gasteiger partial charge in [-0.3, -0.25) is 4.79 Å². The van der Waals surface area contributed by atoms with Gasteiger partial charge in [-0.1, -0.05) is 36.4 Å². The van der Waals surface area contributed by atoms with Crippen molar-refractivity contribution in [1.29, 1.82) is 0 Å². The number of nitrogens with one attached hydrogen (secondary N) is 1. The minimum atomic E-state index is -4.53. The van der Waals surface area contributed by atoms with Gasteiger partial charge in [-0.25, -0.2) is 5.43 Å². The van der Waals surface area contributed by atoms with Gasteiger partial charge in [0.15, 0.2) is 11.5 Å². The molecule has 8 heteroatoms. The number of hydrogen-bond acceptors (Lipinski definition) is 4. The van der Waals surface area contributed by atoms with Gasteiger partial charge in [0.1, 0.15) is 6.61 Å². The van der Waals surface area contributed by atoms with Gasteiger partial charge in [-0.15, -0.1) is 0 Å². The molecule has 32 heavy (non-hydrogen) atoms. The Bertz CT molecular complexity index is 1080. The SMILES string of the molecule is CCOc1cc(/C=N\NC(=O)c2cccc(C(F)(F)F)c2)ccc1OCc1ccccc1. The highest BCUT2D eigenvalue weighted by molar-refractivity contribution is 5.95. The third-order valence-corrected chi connectivity index (χ3v) is 4.34. The van der Waals surface area contributed by atoms with Crippen LogP contribution in [0.25, 0.3) is 0 Å². The monoisotopic (exact) mass is 442 g/mol. The maximum absolute atomic E-state index is 12.8. The number of hydrazone groups is 1. The fourth-order valence-corrected chi connectivity index (χ4v) is 2.79. The lowest BCUT2D eigenvalue weighted by atomic mass is 10.1. The Labute approximate surface area is 183 Å². The molecule has 0 unspecified atom stereocenters. The number of halogens is 3. The van der Waals surface area contributed by atoms with E-state index in [1.807, 2.05) is 37.3 Å². The molecule has 0 aliphatic rings. The van der Waals surface area contributed by atoms with Crippen molar-refractivity contribution in [3.8, 4) is 11.5 Å². The van der Waals surface area contributed by atoms with Crippen LogP contribution in [0.5, 0.6) is 11.5 Å². The molecule has 0 aliphatic carbocycles. The van der Waals surface area contributed by atoms with E-state index in [1.165, 1.54) is 18.3 Å². The molecule has 0 saturated heterocycles. The molecule has 0 saturated carbocycles. The van der Waals surface area contributed by atoms with E-state index >= 15 is 0 Å². The highest BCUT2D eigenvalue weighted by atomic mass is 19.4.